The van der Waals surface area contributed by atoms with Crippen LogP contribution in [0.4, 0.5) is 10.2 Å². The van der Waals surface area contributed by atoms with E-state index in [1.54, 1.807) is 6.92 Å². The van der Waals surface area contributed by atoms with Gasteiger partial charge in [-0.15, -0.1) is 0 Å². The molecule has 1 unspecified atom stereocenters. The Hall–Kier alpha value is -1.23. The Bertz CT molecular complexity index is 352. The third kappa shape index (κ3) is 3.63. The van der Waals surface area contributed by atoms with Crippen molar-refractivity contribution in [3.63, 3.8) is 0 Å². The van der Waals surface area contributed by atoms with E-state index in [4.69, 9.17) is 5.73 Å². The van der Waals surface area contributed by atoms with Crippen molar-refractivity contribution in [2.75, 3.05) is 11.9 Å². The van der Waals surface area contributed by atoms with E-state index in [9.17, 15) is 4.39 Å². The van der Waals surface area contributed by atoms with Gasteiger partial charge >= 0.3 is 0 Å². The van der Waals surface area contributed by atoms with Gasteiger partial charge in [0.1, 0.15) is 6.33 Å². The molecule has 0 aliphatic carbocycles. The maximum absolute atomic E-state index is 13.6. The minimum Gasteiger partial charge on any atom is -0.366 e. The number of hydrogen-bond donors (Lipinski definition) is 2. The molecular formula is C12H21FN4. The molecular weight excluding hydrogens is 219 g/mol. The number of anilines is 1. The van der Waals surface area contributed by atoms with Gasteiger partial charge in [0.25, 0.3) is 0 Å². The highest BCUT2D eigenvalue weighted by molar-refractivity contribution is 5.36. The highest BCUT2D eigenvalue weighted by Gasteiger charge is 2.15. The molecule has 96 valence electrons. The second-order valence-corrected chi connectivity index (χ2v) is 4.24. The van der Waals surface area contributed by atoms with Crippen molar-refractivity contribution in [2.45, 2.75) is 39.7 Å². The van der Waals surface area contributed by atoms with Crippen molar-refractivity contribution in [3.05, 3.63) is 17.8 Å². The second kappa shape index (κ2) is 6.49. The average molecular weight is 240 g/mol. The summed E-state index contributed by atoms with van der Waals surface area (Å²) in [6.07, 6.45) is 3.42. The molecule has 0 aliphatic rings. The monoisotopic (exact) mass is 240 g/mol. The van der Waals surface area contributed by atoms with E-state index in [0.29, 0.717) is 18.2 Å². The van der Waals surface area contributed by atoms with Crippen molar-refractivity contribution in [2.24, 2.45) is 11.7 Å². The predicted molar refractivity (Wildman–Crippen MR) is 67.3 cm³/mol. The minimum absolute atomic E-state index is 0.0136. The van der Waals surface area contributed by atoms with Gasteiger partial charge in [-0.2, -0.15) is 0 Å². The van der Waals surface area contributed by atoms with Gasteiger partial charge in [-0.3, -0.25) is 0 Å². The fourth-order valence-electron chi connectivity index (χ4n) is 1.86. The van der Waals surface area contributed by atoms with Gasteiger partial charge in [-0.25, -0.2) is 14.4 Å². The van der Waals surface area contributed by atoms with Crippen LogP contribution in [-0.4, -0.2) is 22.6 Å². The Labute approximate surface area is 102 Å². The van der Waals surface area contributed by atoms with Crippen molar-refractivity contribution < 1.29 is 4.39 Å². The molecule has 0 saturated carbocycles. The van der Waals surface area contributed by atoms with Gasteiger partial charge in [-0.1, -0.05) is 26.7 Å². The summed E-state index contributed by atoms with van der Waals surface area (Å²) < 4.78 is 13.6. The lowest BCUT2D eigenvalue weighted by Crippen LogP contribution is -2.36. The number of rotatable bonds is 6. The number of nitrogens with zero attached hydrogens (tertiary/aromatic N) is 2. The number of halogens is 1. The number of aryl methyl sites for hydroxylation is 1. The molecule has 1 rings (SSSR count). The minimum atomic E-state index is -0.399. The zero-order valence-electron chi connectivity index (χ0n) is 10.7. The molecule has 0 radical (unpaired) electrons. The number of nitrogens with two attached hydrogens (primary N) is 1. The molecule has 0 bridgehead atoms. The largest absolute Gasteiger partial charge is 0.366 e. The molecule has 1 aromatic heterocycles. The average Bonchev–Trinajstić information content (AvgIpc) is 2.32. The normalized spacial score (nSPS) is 12.8. The van der Waals surface area contributed by atoms with E-state index in [2.05, 4.69) is 29.1 Å². The van der Waals surface area contributed by atoms with Gasteiger partial charge in [0, 0.05) is 12.6 Å². The Balaban J connectivity index is 2.58. The summed E-state index contributed by atoms with van der Waals surface area (Å²) in [5.41, 5.74) is 6.39. The molecule has 1 atom stereocenters. The van der Waals surface area contributed by atoms with Crippen LogP contribution in [0.25, 0.3) is 0 Å². The topological polar surface area (TPSA) is 63.8 Å². The van der Waals surface area contributed by atoms with Crippen LogP contribution in [0.15, 0.2) is 6.33 Å². The Morgan fingerprint density at radius 1 is 1.35 bits per heavy atom. The zero-order valence-corrected chi connectivity index (χ0v) is 10.7. The summed E-state index contributed by atoms with van der Waals surface area (Å²) in [6, 6.07) is 0.0136. The molecule has 0 aromatic carbocycles. The first kappa shape index (κ1) is 13.8. The lowest BCUT2D eigenvalue weighted by Gasteiger charge is -2.21. The molecule has 0 fully saturated rings. The molecule has 0 saturated heterocycles. The molecule has 0 aliphatic heterocycles. The van der Waals surface area contributed by atoms with E-state index < -0.39 is 5.82 Å². The van der Waals surface area contributed by atoms with Crippen LogP contribution >= 0.6 is 0 Å². The summed E-state index contributed by atoms with van der Waals surface area (Å²) in [5, 5.41) is 2.95. The second-order valence-electron chi connectivity index (χ2n) is 4.24. The fourth-order valence-corrected chi connectivity index (χ4v) is 1.86. The van der Waals surface area contributed by atoms with Crippen LogP contribution in [0.2, 0.25) is 0 Å². The third-order valence-electron chi connectivity index (χ3n) is 3.12. The Morgan fingerprint density at radius 2 is 2.00 bits per heavy atom. The summed E-state index contributed by atoms with van der Waals surface area (Å²) in [7, 11) is 0. The summed E-state index contributed by atoms with van der Waals surface area (Å²) in [4.78, 5) is 7.65. The third-order valence-corrected chi connectivity index (χ3v) is 3.12. The highest BCUT2D eigenvalue weighted by Crippen LogP contribution is 2.14. The van der Waals surface area contributed by atoms with E-state index in [1.807, 2.05) is 0 Å². The van der Waals surface area contributed by atoms with Gasteiger partial charge in [0.2, 0.25) is 0 Å². The SMILES string of the molecule is CCC(CC)C(N)CNc1ncnc(C)c1F. The molecule has 0 amide bonds. The molecule has 1 aromatic rings. The van der Waals surface area contributed by atoms with Crippen LogP contribution < -0.4 is 11.1 Å². The molecule has 0 spiro atoms. The van der Waals surface area contributed by atoms with Gasteiger partial charge in [0.15, 0.2) is 11.6 Å². The predicted octanol–water partition coefficient (Wildman–Crippen LogP) is 2.10. The van der Waals surface area contributed by atoms with E-state index in [0.717, 1.165) is 12.8 Å². The Kier molecular flexibility index (Phi) is 5.28. The van der Waals surface area contributed by atoms with E-state index in [1.165, 1.54) is 6.33 Å². The molecule has 4 nitrogen and oxygen atoms in total. The lowest BCUT2D eigenvalue weighted by molar-refractivity contribution is 0.406. The van der Waals surface area contributed by atoms with Crippen LogP contribution in [0.5, 0.6) is 0 Å². The zero-order chi connectivity index (χ0) is 12.8. The van der Waals surface area contributed by atoms with Crippen LogP contribution in [0, 0.1) is 18.7 Å². The van der Waals surface area contributed by atoms with Crippen molar-refractivity contribution in [1.29, 1.82) is 0 Å². The standard InChI is InChI=1S/C12H21FN4/c1-4-9(5-2)10(14)6-15-12-11(13)8(3)16-7-17-12/h7,9-10H,4-6,14H2,1-3H3,(H,15,16,17). The molecule has 3 N–H and O–H groups in total. The van der Waals surface area contributed by atoms with Crippen LogP contribution in [-0.2, 0) is 0 Å². The van der Waals surface area contributed by atoms with E-state index in [-0.39, 0.29) is 11.9 Å². The first-order valence-electron chi connectivity index (χ1n) is 6.06. The van der Waals surface area contributed by atoms with Crippen molar-refractivity contribution in [3.8, 4) is 0 Å². The van der Waals surface area contributed by atoms with Gasteiger partial charge in [0.05, 0.1) is 5.69 Å². The smallest absolute Gasteiger partial charge is 0.186 e. The van der Waals surface area contributed by atoms with Gasteiger partial charge < -0.3 is 11.1 Å². The number of hydrogen-bond acceptors (Lipinski definition) is 4. The number of nitrogens with one attached hydrogen (secondary N) is 1. The first-order chi connectivity index (χ1) is 8.10. The summed E-state index contributed by atoms with van der Waals surface area (Å²) >= 11 is 0. The van der Waals surface area contributed by atoms with Gasteiger partial charge in [-0.05, 0) is 12.8 Å². The van der Waals surface area contributed by atoms with Crippen molar-refractivity contribution >= 4 is 5.82 Å². The molecule has 1 heterocycles. The fraction of sp³-hybridized carbons (Fsp3) is 0.667. The molecule has 17 heavy (non-hydrogen) atoms. The maximum Gasteiger partial charge on any atom is 0.186 e. The van der Waals surface area contributed by atoms with Crippen LogP contribution in [0.1, 0.15) is 32.4 Å². The van der Waals surface area contributed by atoms with Crippen molar-refractivity contribution in [1.82, 2.24) is 9.97 Å². The quantitative estimate of drug-likeness (QED) is 0.799. The highest BCUT2D eigenvalue weighted by atomic mass is 19.1. The first-order valence-corrected chi connectivity index (χ1v) is 6.06. The summed E-state index contributed by atoms with van der Waals surface area (Å²) in [5.74, 6) is 0.289. The molecule has 5 heteroatoms. The lowest BCUT2D eigenvalue weighted by atomic mass is 9.95. The Morgan fingerprint density at radius 3 is 2.59 bits per heavy atom. The number of aromatic nitrogens is 2. The van der Waals surface area contributed by atoms with Crippen LogP contribution in [0.3, 0.4) is 0 Å². The maximum atomic E-state index is 13.6. The summed E-state index contributed by atoms with van der Waals surface area (Å²) in [6.45, 7) is 6.37. The van der Waals surface area contributed by atoms with E-state index >= 15 is 0 Å².